The van der Waals surface area contributed by atoms with Gasteiger partial charge in [0, 0.05) is 18.6 Å². The van der Waals surface area contributed by atoms with Gasteiger partial charge in [0.05, 0.1) is 6.10 Å². The summed E-state index contributed by atoms with van der Waals surface area (Å²) >= 11 is 0. The Hall–Kier alpha value is -0.0800. The molecular weight excluding hydrogens is 174 g/mol. The van der Waals surface area contributed by atoms with E-state index in [0.29, 0.717) is 12.1 Å². The smallest absolute Gasteiger partial charge is 0.0616 e. The van der Waals surface area contributed by atoms with Crippen molar-refractivity contribution in [3.05, 3.63) is 0 Å². The fourth-order valence-electron chi connectivity index (χ4n) is 2.54. The van der Waals surface area contributed by atoms with Crippen LogP contribution in [0.2, 0.25) is 0 Å². The van der Waals surface area contributed by atoms with Gasteiger partial charge in [0.15, 0.2) is 0 Å². The van der Waals surface area contributed by atoms with Gasteiger partial charge in [-0.3, -0.25) is 0 Å². The zero-order chi connectivity index (χ0) is 10.4. The number of unbranched alkanes of at least 4 members (excludes halogenated alkanes) is 1. The summed E-state index contributed by atoms with van der Waals surface area (Å²) in [5, 5.41) is 3.46. The molecule has 1 rings (SSSR count). The molecule has 0 aliphatic carbocycles. The fourth-order valence-corrected chi connectivity index (χ4v) is 2.54. The van der Waals surface area contributed by atoms with Crippen LogP contribution in [0.3, 0.4) is 0 Å². The Morgan fingerprint density at radius 2 is 2.21 bits per heavy atom. The van der Waals surface area contributed by atoms with Crippen LogP contribution in [0.1, 0.15) is 46.0 Å². The monoisotopic (exact) mass is 199 g/mol. The predicted octanol–water partition coefficient (Wildman–Crippen LogP) is 2.58. The highest BCUT2D eigenvalue weighted by Crippen LogP contribution is 2.28. The molecule has 1 aliphatic rings. The van der Waals surface area contributed by atoms with Gasteiger partial charge in [0.25, 0.3) is 0 Å². The average molecular weight is 199 g/mol. The summed E-state index contributed by atoms with van der Waals surface area (Å²) in [6.07, 6.45) is 6.84. The van der Waals surface area contributed by atoms with Gasteiger partial charge in [-0.25, -0.2) is 0 Å². The minimum absolute atomic E-state index is 0.504. The van der Waals surface area contributed by atoms with Gasteiger partial charge >= 0.3 is 0 Å². The fraction of sp³-hybridized carbons (Fsp3) is 1.00. The van der Waals surface area contributed by atoms with E-state index in [1.165, 1.54) is 25.7 Å². The zero-order valence-corrected chi connectivity index (χ0v) is 9.88. The van der Waals surface area contributed by atoms with Crippen molar-refractivity contribution in [3.63, 3.8) is 0 Å². The highest BCUT2D eigenvalue weighted by Gasteiger charge is 2.32. The van der Waals surface area contributed by atoms with E-state index in [1.807, 2.05) is 0 Å². The standard InChI is InChI=1S/C12H25NO/c1-4-6-7-11(13-3)10-8-9-14-12(10)5-2/h10-13H,4-9H2,1-3H3. The molecule has 0 radical (unpaired) electrons. The van der Waals surface area contributed by atoms with E-state index in [-0.39, 0.29) is 0 Å². The Balaban J connectivity index is 2.41. The number of nitrogens with one attached hydrogen (secondary N) is 1. The summed E-state index contributed by atoms with van der Waals surface area (Å²) in [5.74, 6) is 0.747. The van der Waals surface area contributed by atoms with Crippen LogP contribution in [0.4, 0.5) is 0 Å². The summed E-state index contributed by atoms with van der Waals surface area (Å²) in [5.41, 5.74) is 0. The van der Waals surface area contributed by atoms with Gasteiger partial charge in [-0.1, -0.05) is 26.7 Å². The molecule has 0 aromatic rings. The summed E-state index contributed by atoms with van der Waals surface area (Å²) in [6, 6.07) is 0.669. The van der Waals surface area contributed by atoms with Gasteiger partial charge in [-0.2, -0.15) is 0 Å². The van der Waals surface area contributed by atoms with Crippen molar-refractivity contribution in [2.75, 3.05) is 13.7 Å². The van der Waals surface area contributed by atoms with Crippen molar-refractivity contribution in [2.24, 2.45) is 5.92 Å². The van der Waals surface area contributed by atoms with Crippen molar-refractivity contribution in [3.8, 4) is 0 Å². The van der Waals surface area contributed by atoms with Gasteiger partial charge in [0.2, 0.25) is 0 Å². The molecule has 2 heteroatoms. The highest BCUT2D eigenvalue weighted by atomic mass is 16.5. The minimum atomic E-state index is 0.504. The van der Waals surface area contributed by atoms with E-state index in [2.05, 4.69) is 26.2 Å². The predicted molar refractivity (Wildman–Crippen MR) is 60.5 cm³/mol. The van der Waals surface area contributed by atoms with Crippen molar-refractivity contribution < 1.29 is 4.74 Å². The summed E-state index contributed by atoms with van der Waals surface area (Å²) in [6.45, 7) is 5.46. The van der Waals surface area contributed by atoms with E-state index in [4.69, 9.17) is 4.74 Å². The van der Waals surface area contributed by atoms with Crippen molar-refractivity contribution >= 4 is 0 Å². The molecular formula is C12H25NO. The largest absolute Gasteiger partial charge is 0.378 e. The van der Waals surface area contributed by atoms with Crippen molar-refractivity contribution in [1.29, 1.82) is 0 Å². The molecule has 1 fully saturated rings. The molecule has 14 heavy (non-hydrogen) atoms. The van der Waals surface area contributed by atoms with Crippen LogP contribution in [0.25, 0.3) is 0 Å². The van der Waals surface area contributed by atoms with Crippen molar-refractivity contribution in [1.82, 2.24) is 5.32 Å². The Kier molecular flexibility index (Phi) is 5.49. The molecule has 0 amide bonds. The first kappa shape index (κ1) is 12.0. The molecule has 1 aliphatic heterocycles. The van der Waals surface area contributed by atoms with Crippen LogP contribution >= 0.6 is 0 Å². The van der Waals surface area contributed by atoms with Crippen LogP contribution in [0.5, 0.6) is 0 Å². The van der Waals surface area contributed by atoms with E-state index >= 15 is 0 Å². The van der Waals surface area contributed by atoms with E-state index in [9.17, 15) is 0 Å². The lowest BCUT2D eigenvalue weighted by molar-refractivity contribution is 0.0771. The number of ether oxygens (including phenoxy) is 1. The average Bonchev–Trinajstić information content (AvgIpc) is 2.67. The number of rotatable bonds is 6. The first-order valence-electron chi connectivity index (χ1n) is 6.12. The maximum atomic E-state index is 5.74. The van der Waals surface area contributed by atoms with Crippen LogP contribution in [0.15, 0.2) is 0 Å². The maximum absolute atomic E-state index is 5.74. The lowest BCUT2D eigenvalue weighted by Gasteiger charge is -2.26. The minimum Gasteiger partial charge on any atom is -0.378 e. The SMILES string of the molecule is CCCCC(NC)C1CCOC1CC. The van der Waals surface area contributed by atoms with Gasteiger partial charge in [-0.05, 0) is 26.3 Å². The van der Waals surface area contributed by atoms with Gasteiger partial charge in [0.1, 0.15) is 0 Å². The number of hydrogen-bond donors (Lipinski definition) is 1. The van der Waals surface area contributed by atoms with Gasteiger partial charge in [-0.15, -0.1) is 0 Å². The lowest BCUT2D eigenvalue weighted by Crippen LogP contribution is -2.37. The molecule has 2 nitrogen and oxygen atoms in total. The molecule has 0 saturated carbocycles. The van der Waals surface area contributed by atoms with E-state index in [1.54, 1.807) is 0 Å². The van der Waals surface area contributed by atoms with Crippen LogP contribution in [0, 0.1) is 5.92 Å². The van der Waals surface area contributed by atoms with Gasteiger partial charge < -0.3 is 10.1 Å². The summed E-state index contributed by atoms with van der Waals surface area (Å²) in [4.78, 5) is 0. The first-order valence-corrected chi connectivity index (χ1v) is 6.12. The molecule has 84 valence electrons. The van der Waals surface area contributed by atoms with E-state index < -0.39 is 0 Å². The van der Waals surface area contributed by atoms with Crippen LogP contribution in [-0.2, 0) is 4.74 Å². The second kappa shape index (κ2) is 6.41. The summed E-state index contributed by atoms with van der Waals surface area (Å²) < 4.78 is 5.74. The molecule has 0 aromatic heterocycles. The Labute approximate surface area is 88.4 Å². The molecule has 0 bridgehead atoms. The third kappa shape index (κ3) is 2.96. The lowest BCUT2D eigenvalue weighted by atomic mass is 9.88. The second-order valence-corrected chi connectivity index (χ2v) is 4.31. The van der Waals surface area contributed by atoms with Crippen LogP contribution in [-0.4, -0.2) is 25.8 Å². The molecule has 1 heterocycles. The summed E-state index contributed by atoms with van der Waals surface area (Å²) in [7, 11) is 2.09. The molecule has 1 N–H and O–H groups in total. The normalized spacial score (nSPS) is 29.4. The van der Waals surface area contributed by atoms with Crippen LogP contribution < -0.4 is 5.32 Å². The second-order valence-electron chi connectivity index (χ2n) is 4.31. The molecule has 3 atom stereocenters. The molecule has 3 unspecified atom stereocenters. The molecule has 0 spiro atoms. The third-order valence-electron chi connectivity index (χ3n) is 3.42. The highest BCUT2D eigenvalue weighted by molar-refractivity contribution is 4.84. The Morgan fingerprint density at radius 3 is 2.79 bits per heavy atom. The van der Waals surface area contributed by atoms with E-state index in [0.717, 1.165) is 18.9 Å². The Morgan fingerprint density at radius 1 is 1.43 bits per heavy atom. The first-order chi connectivity index (χ1) is 6.83. The quantitative estimate of drug-likeness (QED) is 0.710. The third-order valence-corrected chi connectivity index (χ3v) is 3.42. The Bertz CT molecular complexity index is 149. The van der Waals surface area contributed by atoms with Crippen molar-refractivity contribution in [2.45, 2.75) is 58.1 Å². The molecule has 0 aromatic carbocycles. The number of hydrogen-bond acceptors (Lipinski definition) is 2. The zero-order valence-electron chi connectivity index (χ0n) is 9.88. The topological polar surface area (TPSA) is 21.3 Å². The maximum Gasteiger partial charge on any atom is 0.0616 e. The molecule has 1 saturated heterocycles.